The number of halogens is 1. The fraction of sp³-hybridized carbons (Fsp3) is 0.435. The molecule has 146 valence electrons. The van der Waals surface area contributed by atoms with Gasteiger partial charge in [-0.2, -0.15) is 0 Å². The van der Waals surface area contributed by atoms with Crippen molar-refractivity contribution in [2.45, 2.75) is 37.7 Å². The topological polar surface area (TPSA) is 28.9 Å². The van der Waals surface area contributed by atoms with E-state index in [4.69, 9.17) is 22.9 Å². The van der Waals surface area contributed by atoms with Gasteiger partial charge in [-0.3, -0.25) is 0 Å². The summed E-state index contributed by atoms with van der Waals surface area (Å²) in [5.74, 6) is 1.65. The summed E-state index contributed by atoms with van der Waals surface area (Å²) >= 11 is 6.18. The summed E-state index contributed by atoms with van der Waals surface area (Å²) in [6, 6.07) is 14.4. The Balaban J connectivity index is 1.30. The van der Waals surface area contributed by atoms with Gasteiger partial charge in [0.15, 0.2) is 0 Å². The van der Waals surface area contributed by atoms with Crippen LogP contribution in [0.3, 0.4) is 0 Å². The van der Waals surface area contributed by atoms with Gasteiger partial charge in [0.25, 0.3) is 0 Å². The molecule has 1 N–H and O–H groups in total. The first-order chi connectivity index (χ1) is 13.7. The SMILES string of the molecule is [C-]#[N+]c1ccc(N2CCC(Oc3ccc(C4CCNCC4)cc3)CC2)cc1Cl. The predicted octanol–water partition coefficient (Wildman–Crippen LogP) is 5.41. The van der Waals surface area contributed by atoms with E-state index in [1.165, 1.54) is 18.4 Å². The molecule has 0 unspecified atom stereocenters. The van der Waals surface area contributed by atoms with Crippen LogP contribution >= 0.6 is 11.6 Å². The standard InChI is InChI=1S/C23H26ClN3O/c1-25-23-7-4-19(16-22(23)24)27-14-10-21(11-15-27)28-20-5-2-17(3-6-20)18-8-12-26-13-9-18/h2-7,16,18,21,26H,8-15H2. The monoisotopic (exact) mass is 395 g/mol. The summed E-state index contributed by atoms with van der Waals surface area (Å²) in [4.78, 5) is 5.75. The van der Waals surface area contributed by atoms with Crippen molar-refractivity contribution in [2.24, 2.45) is 0 Å². The van der Waals surface area contributed by atoms with Crippen molar-refractivity contribution in [2.75, 3.05) is 31.1 Å². The van der Waals surface area contributed by atoms with E-state index in [0.717, 1.165) is 50.5 Å². The minimum Gasteiger partial charge on any atom is -0.490 e. The van der Waals surface area contributed by atoms with Gasteiger partial charge in [0, 0.05) is 36.6 Å². The highest BCUT2D eigenvalue weighted by Crippen LogP contribution is 2.32. The van der Waals surface area contributed by atoms with Crippen molar-refractivity contribution in [3.05, 3.63) is 64.5 Å². The second kappa shape index (κ2) is 8.86. The van der Waals surface area contributed by atoms with Gasteiger partial charge in [-0.1, -0.05) is 29.8 Å². The minimum atomic E-state index is 0.249. The first-order valence-corrected chi connectivity index (χ1v) is 10.5. The van der Waals surface area contributed by atoms with Gasteiger partial charge in [0.2, 0.25) is 5.69 Å². The number of piperidine rings is 2. The molecule has 2 aliphatic rings. The Bertz CT molecular complexity index is 832. The number of nitrogens with one attached hydrogen (secondary N) is 1. The van der Waals surface area contributed by atoms with Gasteiger partial charge in [-0.05, 0) is 61.7 Å². The van der Waals surface area contributed by atoms with Crippen molar-refractivity contribution in [3.63, 3.8) is 0 Å². The summed E-state index contributed by atoms with van der Waals surface area (Å²) in [6.45, 7) is 11.2. The van der Waals surface area contributed by atoms with Gasteiger partial charge in [0.1, 0.15) is 11.9 Å². The maximum absolute atomic E-state index is 7.11. The maximum Gasteiger partial charge on any atom is 0.205 e. The zero-order valence-corrected chi connectivity index (χ0v) is 16.8. The lowest BCUT2D eigenvalue weighted by Gasteiger charge is -2.34. The molecule has 28 heavy (non-hydrogen) atoms. The Labute approximate surface area is 172 Å². The summed E-state index contributed by atoms with van der Waals surface area (Å²) in [7, 11) is 0. The molecule has 2 aliphatic heterocycles. The first kappa shape index (κ1) is 19.1. The van der Waals surface area contributed by atoms with E-state index >= 15 is 0 Å². The molecule has 4 nitrogen and oxygen atoms in total. The molecule has 0 radical (unpaired) electrons. The predicted molar refractivity (Wildman–Crippen MR) is 115 cm³/mol. The maximum atomic E-state index is 7.11. The van der Waals surface area contributed by atoms with Crippen LogP contribution in [-0.2, 0) is 0 Å². The van der Waals surface area contributed by atoms with Crippen LogP contribution in [0.2, 0.25) is 5.02 Å². The van der Waals surface area contributed by atoms with Crippen LogP contribution in [-0.4, -0.2) is 32.3 Å². The van der Waals surface area contributed by atoms with E-state index in [-0.39, 0.29) is 6.10 Å². The number of anilines is 1. The molecule has 0 saturated carbocycles. The number of benzene rings is 2. The van der Waals surface area contributed by atoms with E-state index in [1.54, 1.807) is 6.07 Å². The first-order valence-electron chi connectivity index (χ1n) is 10.1. The van der Waals surface area contributed by atoms with Crippen molar-refractivity contribution < 1.29 is 4.74 Å². The minimum absolute atomic E-state index is 0.249. The van der Waals surface area contributed by atoms with Gasteiger partial charge >= 0.3 is 0 Å². The molecule has 0 bridgehead atoms. The summed E-state index contributed by atoms with van der Waals surface area (Å²) < 4.78 is 6.24. The fourth-order valence-corrected chi connectivity index (χ4v) is 4.40. The fourth-order valence-electron chi connectivity index (χ4n) is 4.18. The van der Waals surface area contributed by atoms with Gasteiger partial charge in [-0.25, -0.2) is 4.85 Å². The van der Waals surface area contributed by atoms with E-state index in [0.29, 0.717) is 16.6 Å². The van der Waals surface area contributed by atoms with Crippen LogP contribution in [0, 0.1) is 6.57 Å². The van der Waals surface area contributed by atoms with Crippen LogP contribution in [0.15, 0.2) is 42.5 Å². The second-order valence-corrected chi connectivity index (χ2v) is 8.05. The highest BCUT2D eigenvalue weighted by atomic mass is 35.5. The highest BCUT2D eigenvalue weighted by molar-refractivity contribution is 6.33. The van der Waals surface area contributed by atoms with Crippen molar-refractivity contribution in [3.8, 4) is 5.75 Å². The lowest BCUT2D eigenvalue weighted by molar-refractivity contribution is 0.171. The van der Waals surface area contributed by atoms with E-state index < -0.39 is 0 Å². The lowest BCUT2D eigenvalue weighted by Crippen LogP contribution is -2.38. The molecule has 0 amide bonds. The molecule has 2 heterocycles. The number of hydrogen-bond acceptors (Lipinski definition) is 3. The number of hydrogen-bond donors (Lipinski definition) is 1. The Morgan fingerprint density at radius 1 is 1.00 bits per heavy atom. The van der Waals surface area contributed by atoms with Crippen LogP contribution in [0.1, 0.15) is 37.2 Å². The molecule has 0 spiro atoms. The van der Waals surface area contributed by atoms with Gasteiger partial charge < -0.3 is 15.0 Å². The summed E-state index contributed by atoms with van der Waals surface area (Å²) in [6.07, 6.45) is 4.66. The second-order valence-electron chi connectivity index (χ2n) is 7.65. The Hall–Kier alpha value is -2.22. The van der Waals surface area contributed by atoms with Gasteiger partial charge in [-0.15, -0.1) is 0 Å². The molecule has 2 aromatic rings. The molecule has 0 aliphatic carbocycles. The zero-order valence-electron chi connectivity index (χ0n) is 16.0. The summed E-state index contributed by atoms with van der Waals surface area (Å²) in [5, 5.41) is 3.95. The number of ether oxygens (including phenoxy) is 1. The third-order valence-corrected chi connectivity index (χ3v) is 6.15. The molecule has 2 fully saturated rings. The van der Waals surface area contributed by atoms with Crippen molar-refractivity contribution >= 4 is 23.0 Å². The Kier molecular flexibility index (Phi) is 6.04. The molecule has 5 heteroatoms. The Morgan fingerprint density at radius 2 is 1.71 bits per heavy atom. The van der Waals surface area contributed by atoms with E-state index in [1.807, 2.05) is 12.1 Å². The third kappa shape index (κ3) is 4.43. The lowest BCUT2D eigenvalue weighted by atomic mass is 9.90. The smallest absolute Gasteiger partial charge is 0.205 e. The molecule has 4 rings (SSSR count). The number of nitrogens with zero attached hydrogens (tertiary/aromatic N) is 2. The average molecular weight is 396 g/mol. The quantitative estimate of drug-likeness (QED) is 0.702. The van der Waals surface area contributed by atoms with E-state index in [9.17, 15) is 0 Å². The van der Waals surface area contributed by atoms with Crippen LogP contribution in [0.5, 0.6) is 5.75 Å². The van der Waals surface area contributed by atoms with Crippen LogP contribution in [0.25, 0.3) is 4.85 Å². The van der Waals surface area contributed by atoms with Crippen molar-refractivity contribution in [1.29, 1.82) is 0 Å². The largest absolute Gasteiger partial charge is 0.490 e. The van der Waals surface area contributed by atoms with Crippen LogP contribution in [0.4, 0.5) is 11.4 Å². The Morgan fingerprint density at radius 3 is 2.36 bits per heavy atom. The normalized spacial score (nSPS) is 18.6. The molecule has 2 aromatic carbocycles. The van der Waals surface area contributed by atoms with Crippen molar-refractivity contribution in [1.82, 2.24) is 5.32 Å². The highest BCUT2D eigenvalue weighted by Gasteiger charge is 2.22. The van der Waals surface area contributed by atoms with E-state index in [2.05, 4.69) is 39.3 Å². The molecular weight excluding hydrogens is 370 g/mol. The average Bonchev–Trinajstić information content (AvgIpc) is 2.75. The third-order valence-electron chi connectivity index (χ3n) is 5.85. The molecule has 0 atom stereocenters. The zero-order chi connectivity index (χ0) is 19.3. The number of rotatable bonds is 4. The molecule has 0 aromatic heterocycles. The molecular formula is C23H26ClN3O. The van der Waals surface area contributed by atoms with Crippen LogP contribution < -0.4 is 15.0 Å². The van der Waals surface area contributed by atoms with Gasteiger partial charge in [0.05, 0.1) is 6.57 Å². The molecule has 2 saturated heterocycles. The summed E-state index contributed by atoms with van der Waals surface area (Å²) in [5.41, 5.74) is 3.03.